The number of aliphatic carboxylic acids is 1. The van der Waals surface area contributed by atoms with Gasteiger partial charge in [0.15, 0.2) is 11.7 Å². The molecule has 2 aromatic rings. The van der Waals surface area contributed by atoms with E-state index in [1.807, 2.05) is 25.1 Å². The number of ether oxygens (including phenoxy) is 1. The van der Waals surface area contributed by atoms with Gasteiger partial charge in [0, 0.05) is 12.0 Å². The van der Waals surface area contributed by atoms with E-state index in [4.69, 9.17) is 14.3 Å². The number of oxazole rings is 1. The number of hydrogen-bond acceptors (Lipinski definition) is 4. The molecule has 0 atom stereocenters. The van der Waals surface area contributed by atoms with Crippen LogP contribution in [0.4, 0.5) is 0 Å². The van der Waals surface area contributed by atoms with Crippen LogP contribution in [0.15, 0.2) is 28.8 Å². The van der Waals surface area contributed by atoms with Crippen LogP contribution in [0, 0.1) is 6.92 Å². The normalized spacial score (nSPS) is 10.4. The second-order valence-electron chi connectivity index (χ2n) is 4.20. The number of aromatic nitrogens is 1. The summed E-state index contributed by atoms with van der Waals surface area (Å²) in [5, 5.41) is 8.61. The van der Waals surface area contributed by atoms with E-state index in [-0.39, 0.29) is 6.42 Å². The summed E-state index contributed by atoms with van der Waals surface area (Å²) in [6.07, 6.45) is 1.92. The summed E-state index contributed by atoms with van der Waals surface area (Å²) < 4.78 is 10.7. The Labute approximate surface area is 110 Å². The third-order valence-corrected chi connectivity index (χ3v) is 2.79. The summed E-state index contributed by atoms with van der Waals surface area (Å²) in [6.45, 7) is 1.95. The molecule has 0 fully saturated rings. The maximum atomic E-state index is 10.5. The van der Waals surface area contributed by atoms with Gasteiger partial charge in [-0.1, -0.05) is 0 Å². The maximum absolute atomic E-state index is 10.5. The first-order valence-electron chi connectivity index (χ1n) is 5.91. The zero-order valence-corrected chi connectivity index (χ0v) is 10.8. The molecule has 0 saturated heterocycles. The van der Waals surface area contributed by atoms with E-state index in [1.165, 1.54) is 0 Å². The number of hydrogen-bond donors (Lipinski definition) is 1. The molecule has 0 unspecified atom stereocenters. The number of methoxy groups -OCH3 is 1. The second kappa shape index (κ2) is 5.56. The van der Waals surface area contributed by atoms with E-state index in [2.05, 4.69) is 4.98 Å². The fourth-order valence-corrected chi connectivity index (χ4v) is 1.80. The number of benzene rings is 1. The average molecular weight is 261 g/mol. The Bertz CT molecular complexity index is 589. The van der Waals surface area contributed by atoms with Crippen LogP contribution >= 0.6 is 0 Å². The Morgan fingerprint density at radius 1 is 1.47 bits per heavy atom. The van der Waals surface area contributed by atoms with Crippen molar-refractivity contribution < 1.29 is 19.1 Å². The van der Waals surface area contributed by atoms with Gasteiger partial charge in [-0.25, -0.2) is 4.98 Å². The van der Waals surface area contributed by atoms with Gasteiger partial charge in [0.05, 0.1) is 19.7 Å². The highest BCUT2D eigenvalue weighted by Crippen LogP contribution is 2.26. The SMILES string of the molecule is COc1ccc(-c2cnc(CCC(=O)O)o2)cc1C. The molecular formula is C14H15NO4. The molecule has 2 rings (SSSR count). The van der Waals surface area contributed by atoms with Crippen LogP contribution in [0.3, 0.4) is 0 Å². The Morgan fingerprint density at radius 2 is 2.26 bits per heavy atom. The third-order valence-electron chi connectivity index (χ3n) is 2.79. The van der Waals surface area contributed by atoms with Crippen molar-refractivity contribution in [3.05, 3.63) is 35.9 Å². The predicted molar refractivity (Wildman–Crippen MR) is 69.2 cm³/mol. The maximum Gasteiger partial charge on any atom is 0.303 e. The summed E-state index contributed by atoms with van der Waals surface area (Å²) in [5.41, 5.74) is 1.90. The zero-order chi connectivity index (χ0) is 13.8. The number of carboxylic acids is 1. The lowest BCUT2D eigenvalue weighted by atomic mass is 10.1. The first-order valence-corrected chi connectivity index (χ1v) is 5.91. The smallest absolute Gasteiger partial charge is 0.303 e. The monoisotopic (exact) mass is 261 g/mol. The number of rotatable bonds is 5. The molecule has 1 N–H and O–H groups in total. The van der Waals surface area contributed by atoms with Crippen molar-refractivity contribution in [2.24, 2.45) is 0 Å². The van der Waals surface area contributed by atoms with Crippen LogP contribution in [-0.2, 0) is 11.2 Å². The Balaban J connectivity index is 2.18. The molecule has 0 radical (unpaired) electrons. The van der Waals surface area contributed by atoms with Crippen molar-refractivity contribution in [1.82, 2.24) is 4.98 Å². The van der Waals surface area contributed by atoms with Gasteiger partial charge < -0.3 is 14.3 Å². The van der Waals surface area contributed by atoms with Gasteiger partial charge in [0.1, 0.15) is 5.75 Å². The lowest BCUT2D eigenvalue weighted by molar-refractivity contribution is -0.137. The minimum Gasteiger partial charge on any atom is -0.496 e. The number of carbonyl (C=O) groups is 1. The number of aryl methyl sites for hydroxylation is 2. The van der Waals surface area contributed by atoms with Crippen molar-refractivity contribution in [3.8, 4) is 17.1 Å². The van der Waals surface area contributed by atoms with Crippen molar-refractivity contribution in [1.29, 1.82) is 0 Å². The van der Waals surface area contributed by atoms with Gasteiger partial charge in [0.25, 0.3) is 0 Å². The fraction of sp³-hybridized carbons (Fsp3) is 0.286. The molecule has 0 aliphatic carbocycles. The zero-order valence-electron chi connectivity index (χ0n) is 10.8. The lowest BCUT2D eigenvalue weighted by Gasteiger charge is -2.05. The van der Waals surface area contributed by atoms with Crippen LogP contribution in [0.5, 0.6) is 5.75 Å². The van der Waals surface area contributed by atoms with Gasteiger partial charge in [0.2, 0.25) is 0 Å². The number of carboxylic acid groups (broad SMARTS) is 1. The molecule has 0 spiro atoms. The summed E-state index contributed by atoms with van der Waals surface area (Å²) >= 11 is 0. The van der Waals surface area contributed by atoms with Crippen LogP contribution < -0.4 is 4.74 Å². The highest BCUT2D eigenvalue weighted by Gasteiger charge is 2.09. The predicted octanol–water partition coefficient (Wildman–Crippen LogP) is 2.68. The van der Waals surface area contributed by atoms with Gasteiger partial charge in [-0.15, -0.1) is 0 Å². The Kier molecular flexibility index (Phi) is 3.85. The molecule has 1 heterocycles. The standard InChI is InChI=1S/C14H15NO4/c1-9-7-10(3-4-11(9)18-2)12-8-15-13(19-12)5-6-14(16)17/h3-4,7-8H,5-6H2,1-2H3,(H,16,17). The minimum atomic E-state index is -0.861. The van der Waals surface area contributed by atoms with Crippen LogP contribution in [-0.4, -0.2) is 23.2 Å². The molecule has 0 bridgehead atoms. The lowest BCUT2D eigenvalue weighted by Crippen LogP contribution is -1.97. The van der Waals surface area contributed by atoms with E-state index < -0.39 is 5.97 Å². The van der Waals surface area contributed by atoms with Crippen molar-refractivity contribution >= 4 is 5.97 Å². The molecule has 0 aliphatic heterocycles. The quantitative estimate of drug-likeness (QED) is 0.895. The molecular weight excluding hydrogens is 246 g/mol. The third kappa shape index (κ3) is 3.13. The summed E-state index contributed by atoms with van der Waals surface area (Å²) in [5.74, 6) is 1.02. The van der Waals surface area contributed by atoms with Crippen molar-refractivity contribution in [2.75, 3.05) is 7.11 Å². The van der Waals surface area contributed by atoms with E-state index >= 15 is 0 Å². The van der Waals surface area contributed by atoms with E-state index in [9.17, 15) is 4.79 Å². The summed E-state index contributed by atoms with van der Waals surface area (Å²) in [4.78, 5) is 14.6. The molecule has 0 saturated carbocycles. The molecule has 0 amide bonds. The van der Waals surface area contributed by atoms with Crippen molar-refractivity contribution in [2.45, 2.75) is 19.8 Å². The summed E-state index contributed by atoms with van der Waals surface area (Å²) in [7, 11) is 1.63. The topological polar surface area (TPSA) is 72.6 Å². The first-order chi connectivity index (χ1) is 9.10. The largest absolute Gasteiger partial charge is 0.496 e. The second-order valence-corrected chi connectivity index (χ2v) is 4.20. The molecule has 1 aromatic heterocycles. The molecule has 19 heavy (non-hydrogen) atoms. The van der Waals surface area contributed by atoms with Crippen LogP contribution in [0.2, 0.25) is 0 Å². The van der Waals surface area contributed by atoms with E-state index in [0.29, 0.717) is 18.1 Å². The molecule has 5 heteroatoms. The number of nitrogens with zero attached hydrogens (tertiary/aromatic N) is 1. The Morgan fingerprint density at radius 3 is 2.89 bits per heavy atom. The molecule has 0 aliphatic rings. The van der Waals surface area contributed by atoms with Gasteiger partial charge in [-0.3, -0.25) is 4.79 Å². The van der Waals surface area contributed by atoms with Crippen LogP contribution in [0.1, 0.15) is 17.9 Å². The van der Waals surface area contributed by atoms with E-state index in [1.54, 1.807) is 13.3 Å². The molecule has 1 aromatic carbocycles. The van der Waals surface area contributed by atoms with Crippen molar-refractivity contribution in [3.63, 3.8) is 0 Å². The fourth-order valence-electron chi connectivity index (χ4n) is 1.80. The highest BCUT2D eigenvalue weighted by atomic mass is 16.5. The minimum absolute atomic E-state index is 0.0155. The summed E-state index contributed by atoms with van der Waals surface area (Å²) in [6, 6.07) is 5.69. The van der Waals surface area contributed by atoms with Gasteiger partial charge >= 0.3 is 5.97 Å². The highest BCUT2D eigenvalue weighted by molar-refractivity contribution is 5.67. The van der Waals surface area contributed by atoms with E-state index in [0.717, 1.165) is 16.9 Å². The average Bonchev–Trinajstić information content (AvgIpc) is 2.85. The molecule has 100 valence electrons. The van der Waals surface area contributed by atoms with Gasteiger partial charge in [-0.2, -0.15) is 0 Å². The molecule has 5 nitrogen and oxygen atoms in total. The first kappa shape index (κ1) is 13.1. The van der Waals surface area contributed by atoms with Crippen LogP contribution in [0.25, 0.3) is 11.3 Å². The Hall–Kier alpha value is -2.30. The van der Waals surface area contributed by atoms with Gasteiger partial charge in [-0.05, 0) is 30.7 Å².